The number of benzene rings is 2. The number of rotatable bonds is 9. The summed E-state index contributed by atoms with van der Waals surface area (Å²) >= 11 is 0. The number of esters is 1. The van der Waals surface area contributed by atoms with Crippen molar-refractivity contribution in [3.63, 3.8) is 0 Å². The van der Waals surface area contributed by atoms with Crippen molar-refractivity contribution in [1.29, 1.82) is 0 Å². The first-order valence-electron chi connectivity index (χ1n) is 8.34. The van der Waals surface area contributed by atoms with Crippen molar-refractivity contribution >= 4 is 21.8 Å². The van der Waals surface area contributed by atoms with E-state index in [1.165, 1.54) is 44.6 Å². The minimum atomic E-state index is -3.61. The molecule has 0 heterocycles. The zero-order valence-electron chi connectivity index (χ0n) is 15.7. The van der Waals surface area contributed by atoms with E-state index in [0.29, 0.717) is 11.5 Å². The van der Waals surface area contributed by atoms with Crippen molar-refractivity contribution in [2.75, 3.05) is 27.4 Å². The van der Waals surface area contributed by atoms with E-state index in [4.69, 9.17) is 14.2 Å². The normalized spacial score (nSPS) is 11.0. The summed E-state index contributed by atoms with van der Waals surface area (Å²) in [4.78, 5) is 24.5. The Balaban J connectivity index is 2.05. The zero-order valence-corrected chi connectivity index (χ0v) is 16.5. The standard InChI is InChI=1S/C19H21NO7S/c1-4-20-28(23,24)15-8-5-13(6-9-15)19(22)27-12-17(21)16-10-7-14(25-2)11-18(16)26-3/h5-11,20H,4,12H2,1-3H3. The molecule has 0 atom stereocenters. The molecular weight excluding hydrogens is 386 g/mol. The van der Waals surface area contributed by atoms with Crippen molar-refractivity contribution < 1.29 is 32.2 Å². The maximum atomic E-state index is 12.3. The lowest BCUT2D eigenvalue weighted by Gasteiger charge is -2.10. The summed E-state index contributed by atoms with van der Waals surface area (Å²) in [5, 5.41) is 0. The van der Waals surface area contributed by atoms with E-state index in [-0.39, 0.29) is 22.6 Å². The number of methoxy groups -OCH3 is 2. The highest BCUT2D eigenvalue weighted by Gasteiger charge is 2.18. The minimum absolute atomic E-state index is 0.0324. The first-order valence-corrected chi connectivity index (χ1v) is 9.82. The van der Waals surface area contributed by atoms with Crippen LogP contribution in [0.2, 0.25) is 0 Å². The lowest BCUT2D eigenvalue weighted by atomic mass is 10.1. The number of nitrogens with one attached hydrogen (secondary N) is 1. The van der Waals surface area contributed by atoms with Gasteiger partial charge in [-0.15, -0.1) is 0 Å². The molecule has 0 radical (unpaired) electrons. The lowest BCUT2D eigenvalue weighted by Crippen LogP contribution is -2.23. The summed E-state index contributed by atoms with van der Waals surface area (Å²) in [6, 6.07) is 9.91. The summed E-state index contributed by atoms with van der Waals surface area (Å²) in [7, 11) is -0.698. The highest BCUT2D eigenvalue weighted by Crippen LogP contribution is 2.25. The third kappa shape index (κ3) is 5.08. The van der Waals surface area contributed by atoms with Crippen LogP contribution in [0, 0.1) is 0 Å². The summed E-state index contributed by atoms with van der Waals surface area (Å²) in [5.41, 5.74) is 0.383. The quantitative estimate of drug-likeness (QED) is 0.500. The van der Waals surface area contributed by atoms with E-state index in [1.807, 2.05) is 0 Å². The fraction of sp³-hybridized carbons (Fsp3) is 0.263. The fourth-order valence-corrected chi connectivity index (χ4v) is 3.41. The van der Waals surface area contributed by atoms with Crippen LogP contribution in [-0.2, 0) is 14.8 Å². The van der Waals surface area contributed by atoms with E-state index in [9.17, 15) is 18.0 Å². The summed E-state index contributed by atoms with van der Waals surface area (Å²) in [5.74, 6) is -0.358. The van der Waals surface area contributed by atoms with Crippen molar-refractivity contribution in [3.8, 4) is 11.5 Å². The van der Waals surface area contributed by atoms with Gasteiger partial charge in [-0.05, 0) is 36.4 Å². The van der Waals surface area contributed by atoms with E-state index < -0.39 is 28.4 Å². The van der Waals surface area contributed by atoms with Crippen molar-refractivity contribution in [2.45, 2.75) is 11.8 Å². The average Bonchev–Trinajstić information content (AvgIpc) is 2.71. The van der Waals surface area contributed by atoms with Gasteiger partial charge in [-0.1, -0.05) is 6.92 Å². The number of carbonyl (C=O) groups excluding carboxylic acids is 2. The van der Waals surface area contributed by atoms with Crippen LogP contribution in [0.25, 0.3) is 0 Å². The molecule has 0 amide bonds. The van der Waals surface area contributed by atoms with Gasteiger partial charge in [-0.3, -0.25) is 4.79 Å². The summed E-state index contributed by atoms with van der Waals surface area (Å²) < 4.78 is 41.4. The van der Waals surface area contributed by atoms with Crippen LogP contribution < -0.4 is 14.2 Å². The smallest absolute Gasteiger partial charge is 0.338 e. The predicted octanol–water partition coefficient (Wildman–Crippen LogP) is 2.04. The number of hydrogen-bond donors (Lipinski definition) is 1. The van der Waals surface area contributed by atoms with Crippen LogP contribution in [0.1, 0.15) is 27.6 Å². The Kier molecular flexibility index (Phi) is 7.13. The molecule has 0 aromatic heterocycles. The summed E-state index contributed by atoms with van der Waals surface area (Å²) in [6.07, 6.45) is 0. The number of hydrogen-bond acceptors (Lipinski definition) is 7. The highest BCUT2D eigenvalue weighted by molar-refractivity contribution is 7.89. The van der Waals surface area contributed by atoms with Crippen molar-refractivity contribution in [3.05, 3.63) is 53.6 Å². The monoisotopic (exact) mass is 407 g/mol. The van der Waals surface area contributed by atoms with Crippen molar-refractivity contribution in [1.82, 2.24) is 4.72 Å². The molecule has 0 aliphatic rings. The van der Waals surface area contributed by atoms with E-state index in [2.05, 4.69) is 4.72 Å². The fourth-order valence-electron chi connectivity index (χ4n) is 2.36. The molecule has 0 fully saturated rings. The van der Waals surface area contributed by atoms with Gasteiger partial charge in [-0.2, -0.15) is 0 Å². The Morgan fingerprint density at radius 2 is 1.68 bits per heavy atom. The second kappa shape index (κ2) is 9.34. The maximum absolute atomic E-state index is 12.3. The highest BCUT2D eigenvalue weighted by atomic mass is 32.2. The van der Waals surface area contributed by atoms with Gasteiger partial charge in [0.05, 0.1) is 30.2 Å². The van der Waals surface area contributed by atoms with Crippen LogP contribution in [0.4, 0.5) is 0 Å². The molecule has 0 saturated heterocycles. The molecule has 8 nitrogen and oxygen atoms in total. The largest absolute Gasteiger partial charge is 0.497 e. The Bertz CT molecular complexity index is 953. The van der Waals surface area contributed by atoms with Gasteiger partial charge in [-0.25, -0.2) is 17.9 Å². The maximum Gasteiger partial charge on any atom is 0.338 e. The first-order chi connectivity index (χ1) is 13.3. The Labute approximate surface area is 163 Å². The van der Waals surface area contributed by atoms with Gasteiger partial charge < -0.3 is 14.2 Å². The summed E-state index contributed by atoms with van der Waals surface area (Å²) in [6.45, 7) is 1.43. The average molecular weight is 407 g/mol. The number of carbonyl (C=O) groups is 2. The first kappa shape index (κ1) is 21.4. The number of sulfonamides is 1. The molecule has 28 heavy (non-hydrogen) atoms. The lowest BCUT2D eigenvalue weighted by molar-refractivity contribution is 0.0474. The van der Waals surface area contributed by atoms with Gasteiger partial charge >= 0.3 is 5.97 Å². The molecule has 9 heteroatoms. The van der Waals surface area contributed by atoms with Crippen LogP contribution in [0.3, 0.4) is 0 Å². The van der Waals surface area contributed by atoms with Crippen LogP contribution in [0.5, 0.6) is 11.5 Å². The molecule has 0 aliphatic carbocycles. The van der Waals surface area contributed by atoms with Gasteiger partial charge in [0.2, 0.25) is 15.8 Å². The van der Waals surface area contributed by atoms with E-state index >= 15 is 0 Å². The molecule has 0 bridgehead atoms. The molecule has 0 saturated carbocycles. The third-order valence-corrected chi connectivity index (χ3v) is 5.34. The molecule has 2 rings (SSSR count). The Morgan fingerprint density at radius 1 is 1.00 bits per heavy atom. The van der Waals surface area contributed by atoms with E-state index in [0.717, 1.165) is 0 Å². The van der Waals surface area contributed by atoms with Crippen LogP contribution in [0.15, 0.2) is 47.4 Å². The zero-order chi connectivity index (χ0) is 20.7. The van der Waals surface area contributed by atoms with Crippen molar-refractivity contribution in [2.24, 2.45) is 0 Å². The second-order valence-electron chi connectivity index (χ2n) is 5.59. The van der Waals surface area contributed by atoms with Gasteiger partial charge in [0, 0.05) is 12.6 Å². The molecule has 0 unspecified atom stereocenters. The third-order valence-electron chi connectivity index (χ3n) is 3.78. The number of Topliss-reactive ketones (excluding diaryl/α,β-unsaturated/α-hetero) is 1. The Morgan fingerprint density at radius 3 is 2.25 bits per heavy atom. The molecular formula is C19H21NO7S. The van der Waals surface area contributed by atoms with Crippen LogP contribution in [-0.4, -0.2) is 47.5 Å². The predicted molar refractivity (Wildman–Crippen MR) is 101 cm³/mol. The second-order valence-corrected chi connectivity index (χ2v) is 7.36. The SMILES string of the molecule is CCNS(=O)(=O)c1ccc(C(=O)OCC(=O)c2ccc(OC)cc2OC)cc1. The molecule has 1 N–H and O–H groups in total. The molecule has 2 aromatic rings. The molecule has 2 aromatic carbocycles. The Hall–Kier alpha value is -2.91. The molecule has 0 aliphatic heterocycles. The van der Waals surface area contributed by atoms with Gasteiger partial charge in [0.1, 0.15) is 11.5 Å². The topological polar surface area (TPSA) is 108 Å². The van der Waals surface area contributed by atoms with Gasteiger partial charge in [0.25, 0.3) is 0 Å². The number of ether oxygens (including phenoxy) is 3. The van der Waals surface area contributed by atoms with E-state index in [1.54, 1.807) is 19.1 Å². The minimum Gasteiger partial charge on any atom is -0.497 e. The van der Waals surface area contributed by atoms with Crippen LogP contribution >= 0.6 is 0 Å². The molecule has 0 spiro atoms. The number of ketones is 1. The molecule has 150 valence electrons. The van der Waals surface area contributed by atoms with Gasteiger partial charge in [0.15, 0.2) is 6.61 Å².